The summed E-state index contributed by atoms with van der Waals surface area (Å²) in [7, 11) is 1.81. The van der Waals surface area contributed by atoms with Gasteiger partial charge < -0.3 is 11.5 Å². The molecule has 0 radical (unpaired) electrons. The molecule has 5 nitrogen and oxygen atoms in total. The lowest BCUT2D eigenvalue weighted by atomic mass is 9.87. The van der Waals surface area contributed by atoms with E-state index in [1.165, 1.54) is 0 Å². The molecule has 0 aliphatic heterocycles. The van der Waals surface area contributed by atoms with Crippen molar-refractivity contribution in [1.29, 1.82) is 0 Å². The average Bonchev–Trinajstić information content (AvgIpc) is 3.13. The Morgan fingerprint density at radius 1 is 1.32 bits per heavy atom. The molecule has 130 valence electrons. The summed E-state index contributed by atoms with van der Waals surface area (Å²) in [6.07, 6.45) is 1.67. The minimum Gasteiger partial charge on any atom is -0.365 e. The van der Waals surface area contributed by atoms with Gasteiger partial charge in [0.05, 0.1) is 10.6 Å². The molecule has 8 heteroatoms. The monoisotopic (exact) mass is 394 g/mol. The quantitative estimate of drug-likeness (QED) is 0.692. The van der Waals surface area contributed by atoms with Crippen LogP contribution in [-0.2, 0) is 7.05 Å². The van der Waals surface area contributed by atoms with Gasteiger partial charge in [-0.1, -0.05) is 41.4 Å². The number of primary amides is 1. The summed E-state index contributed by atoms with van der Waals surface area (Å²) in [5.41, 5.74) is 14.7. The molecule has 3 rings (SSSR count). The lowest BCUT2D eigenvalue weighted by Crippen LogP contribution is -2.19. The summed E-state index contributed by atoms with van der Waals surface area (Å²) in [4.78, 5) is 12.4. The van der Waals surface area contributed by atoms with Crippen molar-refractivity contribution in [2.45, 2.75) is 5.92 Å². The van der Waals surface area contributed by atoms with Gasteiger partial charge >= 0.3 is 0 Å². The van der Waals surface area contributed by atoms with Crippen molar-refractivity contribution in [3.8, 4) is 11.3 Å². The number of amides is 1. The largest absolute Gasteiger partial charge is 0.365 e. The molecule has 0 fully saturated rings. The second kappa shape index (κ2) is 7.17. The van der Waals surface area contributed by atoms with Gasteiger partial charge in [0.15, 0.2) is 0 Å². The summed E-state index contributed by atoms with van der Waals surface area (Å²) in [6.45, 7) is 0.252. The van der Waals surface area contributed by atoms with Crippen LogP contribution in [0.3, 0.4) is 0 Å². The fourth-order valence-corrected chi connectivity index (χ4v) is 4.59. The van der Waals surface area contributed by atoms with E-state index in [1.807, 2.05) is 31.3 Å². The zero-order valence-electron chi connectivity index (χ0n) is 13.4. The van der Waals surface area contributed by atoms with Crippen molar-refractivity contribution >= 4 is 40.4 Å². The Labute approximate surface area is 159 Å². The first-order valence-corrected chi connectivity index (χ1v) is 9.07. The molecule has 1 aromatic carbocycles. The number of carbonyl (C=O) groups excluding carboxylic acids is 1. The summed E-state index contributed by atoms with van der Waals surface area (Å²) in [6, 6.07) is 9.25. The van der Waals surface area contributed by atoms with Gasteiger partial charge in [-0.15, -0.1) is 11.3 Å². The third kappa shape index (κ3) is 3.18. The molecule has 4 N–H and O–H groups in total. The number of carbonyl (C=O) groups is 1. The number of aryl methyl sites for hydroxylation is 1. The number of halogens is 2. The van der Waals surface area contributed by atoms with E-state index in [9.17, 15) is 4.79 Å². The van der Waals surface area contributed by atoms with Crippen LogP contribution in [0.5, 0.6) is 0 Å². The van der Waals surface area contributed by atoms with Gasteiger partial charge in [0.2, 0.25) is 0 Å². The normalized spacial score (nSPS) is 12.3. The number of nitrogens with zero attached hydrogens (tertiary/aromatic N) is 2. The highest BCUT2D eigenvalue weighted by molar-refractivity contribution is 7.18. The molecule has 25 heavy (non-hydrogen) atoms. The molecular formula is C17H16Cl2N4OS. The highest BCUT2D eigenvalue weighted by Gasteiger charge is 2.30. The van der Waals surface area contributed by atoms with Crippen LogP contribution in [-0.4, -0.2) is 22.2 Å². The van der Waals surface area contributed by atoms with E-state index >= 15 is 0 Å². The highest BCUT2D eigenvalue weighted by atomic mass is 35.5. The lowest BCUT2D eigenvalue weighted by Gasteiger charge is -2.19. The van der Waals surface area contributed by atoms with Crippen LogP contribution in [0.1, 0.15) is 26.7 Å². The van der Waals surface area contributed by atoms with E-state index in [-0.39, 0.29) is 12.5 Å². The minimum atomic E-state index is -0.541. The SMILES string of the molecule is Cn1nccc1-c1c(Cl)sc(C(N)=O)c1C(CN)c1ccccc1Cl. The van der Waals surface area contributed by atoms with Crippen LogP contribution in [0.25, 0.3) is 11.3 Å². The van der Waals surface area contributed by atoms with E-state index in [1.54, 1.807) is 16.9 Å². The molecule has 0 saturated carbocycles. The Morgan fingerprint density at radius 2 is 2.04 bits per heavy atom. The molecular weight excluding hydrogens is 379 g/mol. The minimum absolute atomic E-state index is 0.252. The lowest BCUT2D eigenvalue weighted by molar-refractivity contribution is 0.100. The van der Waals surface area contributed by atoms with E-state index < -0.39 is 5.91 Å². The van der Waals surface area contributed by atoms with Crippen molar-refractivity contribution in [1.82, 2.24) is 9.78 Å². The Morgan fingerprint density at radius 3 is 2.60 bits per heavy atom. The molecule has 0 bridgehead atoms. The molecule has 3 aromatic rings. The molecule has 1 amide bonds. The Hall–Kier alpha value is -1.86. The van der Waals surface area contributed by atoms with Crippen molar-refractivity contribution < 1.29 is 4.79 Å². The summed E-state index contributed by atoms with van der Waals surface area (Å²) >= 11 is 14.0. The topological polar surface area (TPSA) is 86.9 Å². The average molecular weight is 395 g/mol. The second-order valence-electron chi connectivity index (χ2n) is 5.51. The molecule has 0 aliphatic carbocycles. The van der Waals surface area contributed by atoms with Gasteiger partial charge in [-0.3, -0.25) is 9.48 Å². The van der Waals surface area contributed by atoms with Gasteiger partial charge in [-0.05, 0) is 23.3 Å². The predicted octanol–water partition coefficient (Wildman–Crippen LogP) is 3.64. The third-order valence-electron chi connectivity index (χ3n) is 4.07. The van der Waals surface area contributed by atoms with Crippen molar-refractivity contribution in [3.05, 3.63) is 61.9 Å². The zero-order valence-corrected chi connectivity index (χ0v) is 15.7. The summed E-state index contributed by atoms with van der Waals surface area (Å²) in [5.74, 6) is -0.856. The van der Waals surface area contributed by atoms with Crippen LogP contribution < -0.4 is 11.5 Å². The van der Waals surface area contributed by atoms with E-state index in [4.69, 9.17) is 34.7 Å². The Kier molecular flexibility index (Phi) is 5.15. The number of nitrogens with two attached hydrogens (primary N) is 2. The van der Waals surface area contributed by atoms with Crippen LogP contribution in [0.2, 0.25) is 9.36 Å². The predicted molar refractivity (Wildman–Crippen MR) is 102 cm³/mol. The molecule has 2 heterocycles. The number of aromatic nitrogens is 2. The zero-order chi connectivity index (χ0) is 18.1. The number of benzene rings is 1. The fourth-order valence-electron chi connectivity index (χ4n) is 2.95. The number of hydrogen-bond donors (Lipinski definition) is 2. The Bertz CT molecular complexity index is 935. The molecule has 2 aromatic heterocycles. The van der Waals surface area contributed by atoms with Crippen LogP contribution in [0.15, 0.2) is 36.5 Å². The maximum atomic E-state index is 12.1. The fraction of sp³-hybridized carbons (Fsp3) is 0.176. The van der Waals surface area contributed by atoms with E-state index in [2.05, 4.69) is 5.10 Å². The van der Waals surface area contributed by atoms with E-state index in [0.717, 1.165) is 28.2 Å². The van der Waals surface area contributed by atoms with Gasteiger partial charge in [0.25, 0.3) is 5.91 Å². The standard InChI is InChI=1S/C17H16Cl2N4OS/c1-23-12(6-7-22-23)14-13(15(17(21)24)25-16(14)19)10(8-20)9-4-2-3-5-11(9)18/h2-7,10H,8,20H2,1H3,(H2,21,24). The third-order valence-corrected chi connectivity index (χ3v) is 5.84. The van der Waals surface area contributed by atoms with Gasteiger partial charge in [0.1, 0.15) is 4.34 Å². The molecule has 1 atom stereocenters. The smallest absolute Gasteiger partial charge is 0.259 e. The van der Waals surface area contributed by atoms with Crippen molar-refractivity contribution in [3.63, 3.8) is 0 Å². The molecule has 0 spiro atoms. The maximum absolute atomic E-state index is 12.1. The van der Waals surface area contributed by atoms with E-state index in [0.29, 0.717) is 19.8 Å². The highest BCUT2D eigenvalue weighted by Crippen LogP contribution is 2.46. The summed E-state index contributed by atoms with van der Waals surface area (Å²) < 4.78 is 2.17. The van der Waals surface area contributed by atoms with Crippen molar-refractivity contribution in [2.24, 2.45) is 18.5 Å². The molecule has 0 saturated heterocycles. The first kappa shape index (κ1) is 17.9. The summed E-state index contributed by atoms with van der Waals surface area (Å²) in [5, 5.41) is 4.77. The van der Waals surface area contributed by atoms with Gasteiger partial charge in [-0.25, -0.2) is 0 Å². The first-order chi connectivity index (χ1) is 12.0. The maximum Gasteiger partial charge on any atom is 0.259 e. The van der Waals surface area contributed by atoms with Crippen molar-refractivity contribution in [2.75, 3.05) is 6.54 Å². The number of thiophene rings is 1. The van der Waals surface area contributed by atoms with Gasteiger partial charge in [0, 0.05) is 36.3 Å². The second-order valence-corrected chi connectivity index (χ2v) is 7.54. The van der Waals surface area contributed by atoms with Crippen LogP contribution >= 0.6 is 34.5 Å². The first-order valence-electron chi connectivity index (χ1n) is 7.50. The van der Waals surface area contributed by atoms with Crippen LogP contribution in [0, 0.1) is 0 Å². The molecule has 1 unspecified atom stereocenters. The van der Waals surface area contributed by atoms with Gasteiger partial charge in [-0.2, -0.15) is 5.10 Å². The Balaban J connectivity index is 2.31. The van der Waals surface area contributed by atoms with Crippen LogP contribution in [0.4, 0.5) is 0 Å². The number of rotatable bonds is 5. The number of hydrogen-bond acceptors (Lipinski definition) is 4. The molecule has 0 aliphatic rings.